The van der Waals surface area contributed by atoms with Gasteiger partial charge in [-0.05, 0) is 43.2 Å². The normalized spacial score (nSPS) is 17.6. The van der Waals surface area contributed by atoms with Crippen LogP contribution in [0.15, 0.2) is 24.3 Å². The third-order valence-electron chi connectivity index (χ3n) is 3.84. The van der Waals surface area contributed by atoms with Gasteiger partial charge in [0.05, 0.1) is 6.10 Å². The molecule has 20 heavy (non-hydrogen) atoms. The van der Waals surface area contributed by atoms with Gasteiger partial charge < -0.3 is 4.74 Å². The number of benzene rings is 1. The summed E-state index contributed by atoms with van der Waals surface area (Å²) in [6.07, 6.45) is 7.12. The molecule has 1 aromatic rings. The summed E-state index contributed by atoms with van der Waals surface area (Å²) in [6, 6.07) is 8.58. The number of carbonyl (C=O) groups excluding carboxylic acids is 1. The van der Waals surface area contributed by atoms with E-state index in [1.807, 2.05) is 0 Å². The highest BCUT2D eigenvalue weighted by atomic mass is 16.5. The maximum Gasteiger partial charge on any atom is 0.233 e. The third kappa shape index (κ3) is 4.32. The Morgan fingerprint density at radius 3 is 3.00 bits per heavy atom. The average Bonchev–Trinajstić information content (AvgIpc) is 2.50. The molecule has 1 aromatic carbocycles. The van der Waals surface area contributed by atoms with Crippen molar-refractivity contribution in [1.29, 1.82) is 0 Å². The van der Waals surface area contributed by atoms with Crippen LogP contribution in [-0.2, 0) is 16.0 Å². The topological polar surface area (TPSA) is 64.3 Å². The first-order chi connectivity index (χ1) is 9.81. The summed E-state index contributed by atoms with van der Waals surface area (Å²) >= 11 is 0. The van der Waals surface area contributed by atoms with Gasteiger partial charge in [0.1, 0.15) is 0 Å². The Balaban J connectivity index is 1.67. The van der Waals surface area contributed by atoms with Crippen LogP contribution in [0.1, 0.15) is 55.8 Å². The molecule has 0 bridgehead atoms. The van der Waals surface area contributed by atoms with Gasteiger partial charge in [0.25, 0.3) is 0 Å². The lowest BCUT2D eigenvalue weighted by Crippen LogP contribution is -2.29. The van der Waals surface area contributed by atoms with E-state index in [1.165, 1.54) is 24.0 Å². The van der Waals surface area contributed by atoms with Crippen LogP contribution >= 0.6 is 0 Å². The predicted octanol–water partition coefficient (Wildman–Crippen LogP) is 2.63. The van der Waals surface area contributed by atoms with E-state index >= 15 is 0 Å². The molecule has 1 amide bonds. The number of fused-ring (bicyclic) bond motifs is 1. The van der Waals surface area contributed by atoms with Gasteiger partial charge in [-0.15, -0.1) is 0 Å². The van der Waals surface area contributed by atoms with Crippen molar-refractivity contribution in [2.75, 3.05) is 6.61 Å². The molecule has 1 aliphatic rings. The first-order valence-corrected chi connectivity index (χ1v) is 7.50. The number of ether oxygens (including phenoxy) is 1. The Hall–Kier alpha value is -1.39. The van der Waals surface area contributed by atoms with Crippen molar-refractivity contribution >= 4 is 5.91 Å². The minimum Gasteiger partial charge on any atom is -0.374 e. The molecule has 1 atom stereocenters. The lowest BCUT2D eigenvalue weighted by atomic mass is 9.89. The molecule has 0 aromatic heterocycles. The third-order valence-corrected chi connectivity index (χ3v) is 3.84. The van der Waals surface area contributed by atoms with E-state index in [0.717, 1.165) is 32.3 Å². The summed E-state index contributed by atoms with van der Waals surface area (Å²) in [7, 11) is 0. The van der Waals surface area contributed by atoms with Crippen molar-refractivity contribution in [3.05, 3.63) is 35.4 Å². The van der Waals surface area contributed by atoms with E-state index in [9.17, 15) is 4.79 Å². The number of hydrogen-bond acceptors (Lipinski definition) is 3. The van der Waals surface area contributed by atoms with Crippen molar-refractivity contribution in [2.24, 2.45) is 5.84 Å². The van der Waals surface area contributed by atoms with Crippen LogP contribution < -0.4 is 11.3 Å². The van der Waals surface area contributed by atoms with Gasteiger partial charge in [0.15, 0.2) is 0 Å². The molecule has 4 nitrogen and oxygen atoms in total. The highest BCUT2D eigenvalue weighted by Crippen LogP contribution is 2.32. The van der Waals surface area contributed by atoms with E-state index in [0.29, 0.717) is 6.42 Å². The molecule has 0 aliphatic heterocycles. The van der Waals surface area contributed by atoms with Gasteiger partial charge in [0.2, 0.25) is 5.91 Å². The smallest absolute Gasteiger partial charge is 0.233 e. The number of carbonyl (C=O) groups is 1. The fourth-order valence-electron chi connectivity index (χ4n) is 2.74. The summed E-state index contributed by atoms with van der Waals surface area (Å²) < 4.78 is 6.02. The number of hydrazine groups is 1. The Bertz CT molecular complexity index is 434. The van der Waals surface area contributed by atoms with Crippen LogP contribution in [0.5, 0.6) is 0 Å². The molecular formula is C16H24N2O2. The van der Waals surface area contributed by atoms with Crippen LogP contribution in [0.2, 0.25) is 0 Å². The number of aryl methyl sites for hydroxylation is 1. The molecule has 0 fully saturated rings. The first-order valence-electron chi connectivity index (χ1n) is 7.50. The zero-order valence-corrected chi connectivity index (χ0v) is 11.9. The van der Waals surface area contributed by atoms with E-state index in [-0.39, 0.29) is 12.0 Å². The number of hydrogen-bond donors (Lipinski definition) is 2. The summed E-state index contributed by atoms with van der Waals surface area (Å²) in [5, 5.41) is 0. The maximum absolute atomic E-state index is 11.0. The zero-order chi connectivity index (χ0) is 14.2. The lowest BCUT2D eigenvalue weighted by Gasteiger charge is -2.25. The van der Waals surface area contributed by atoms with Crippen LogP contribution in [0.3, 0.4) is 0 Å². The van der Waals surface area contributed by atoms with Crippen LogP contribution in [0.25, 0.3) is 0 Å². The fraction of sp³-hybridized carbons (Fsp3) is 0.562. The van der Waals surface area contributed by atoms with E-state index < -0.39 is 0 Å². The minimum absolute atomic E-state index is 0.0906. The minimum atomic E-state index is -0.0906. The number of nitrogens with two attached hydrogens (primary N) is 1. The molecule has 110 valence electrons. The molecule has 1 aliphatic carbocycles. The number of amides is 1. The number of unbranched alkanes of at least 4 members (excludes halogenated alkanes) is 2. The van der Waals surface area contributed by atoms with Crippen molar-refractivity contribution in [3.63, 3.8) is 0 Å². The first kappa shape index (κ1) is 15.0. The molecular weight excluding hydrogens is 252 g/mol. The summed E-state index contributed by atoms with van der Waals surface area (Å²) in [5.74, 6) is 4.94. The zero-order valence-electron chi connectivity index (χ0n) is 11.9. The molecule has 0 saturated carbocycles. The molecule has 1 unspecified atom stereocenters. The standard InChI is InChI=1S/C16H24N2O2/c17-18-16(19)11-2-1-5-12-20-15-10-6-8-13-7-3-4-9-14(13)15/h3-4,7,9,15H,1-2,5-6,8,10-12,17H2,(H,18,19). The van der Waals surface area contributed by atoms with Crippen molar-refractivity contribution in [2.45, 2.75) is 51.0 Å². The molecule has 0 heterocycles. The van der Waals surface area contributed by atoms with Gasteiger partial charge in [0, 0.05) is 13.0 Å². The molecule has 0 saturated heterocycles. The van der Waals surface area contributed by atoms with Gasteiger partial charge in [-0.2, -0.15) is 0 Å². The second kappa shape index (κ2) is 8.02. The highest BCUT2D eigenvalue weighted by molar-refractivity contribution is 5.75. The molecule has 0 spiro atoms. The van der Waals surface area contributed by atoms with Crippen LogP contribution in [0.4, 0.5) is 0 Å². The number of rotatable bonds is 7. The quantitative estimate of drug-likeness (QED) is 0.348. The van der Waals surface area contributed by atoms with Crippen molar-refractivity contribution in [3.8, 4) is 0 Å². The van der Waals surface area contributed by atoms with Crippen molar-refractivity contribution < 1.29 is 9.53 Å². The largest absolute Gasteiger partial charge is 0.374 e. The summed E-state index contributed by atoms with van der Waals surface area (Å²) in [6.45, 7) is 0.767. The number of nitrogens with one attached hydrogen (secondary N) is 1. The maximum atomic E-state index is 11.0. The predicted molar refractivity (Wildman–Crippen MR) is 78.9 cm³/mol. The average molecular weight is 276 g/mol. The second-order valence-electron chi connectivity index (χ2n) is 5.33. The van der Waals surface area contributed by atoms with Gasteiger partial charge >= 0.3 is 0 Å². The van der Waals surface area contributed by atoms with E-state index in [2.05, 4.69) is 29.7 Å². The van der Waals surface area contributed by atoms with Crippen LogP contribution in [0, 0.1) is 0 Å². The highest BCUT2D eigenvalue weighted by Gasteiger charge is 2.19. The lowest BCUT2D eigenvalue weighted by molar-refractivity contribution is -0.121. The monoisotopic (exact) mass is 276 g/mol. The van der Waals surface area contributed by atoms with E-state index in [1.54, 1.807) is 0 Å². The van der Waals surface area contributed by atoms with Gasteiger partial charge in [-0.25, -0.2) is 5.84 Å². The molecule has 2 rings (SSSR count). The SMILES string of the molecule is NNC(=O)CCCCCOC1CCCc2ccccc21. The molecule has 0 radical (unpaired) electrons. The van der Waals surface area contributed by atoms with Crippen molar-refractivity contribution in [1.82, 2.24) is 5.43 Å². The Morgan fingerprint density at radius 1 is 1.30 bits per heavy atom. The van der Waals surface area contributed by atoms with E-state index in [4.69, 9.17) is 10.6 Å². The second-order valence-corrected chi connectivity index (χ2v) is 5.33. The summed E-state index contributed by atoms with van der Waals surface area (Å²) in [5.41, 5.74) is 4.94. The summed E-state index contributed by atoms with van der Waals surface area (Å²) in [4.78, 5) is 11.0. The fourth-order valence-corrected chi connectivity index (χ4v) is 2.74. The Labute approximate surface area is 120 Å². The van der Waals surface area contributed by atoms with Gasteiger partial charge in [-0.1, -0.05) is 30.7 Å². The van der Waals surface area contributed by atoms with Crippen LogP contribution in [-0.4, -0.2) is 12.5 Å². The Kier molecular flexibility index (Phi) is 6.02. The molecule has 4 heteroatoms. The van der Waals surface area contributed by atoms with Gasteiger partial charge in [-0.3, -0.25) is 10.2 Å². The Morgan fingerprint density at radius 2 is 2.15 bits per heavy atom. The molecule has 3 N–H and O–H groups in total.